The zero-order valence-electron chi connectivity index (χ0n) is 14.7. The van der Waals surface area contributed by atoms with Crippen LogP contribution in [0.3, 0.4) is 0 Å². The van der Waals surface area contributed by atoms with E-state index >= 15 is 0 Å². The van der Waals surface area contributed by atoms with Gasteiger partial charge in [-0.05, 0) is 24.6 Å². The topological polar surface area (TPSA) is 82.1 Å². The molecule has 8 heteroatoms. The third kappa shape index (κ3) is 4.91. The second-order valence-corrected chi connectivity index (χ2v) is 7.91. The summed E-state index contributed by atoms with van der Waals surface area (Å²) in [4.78, 5) is -0.115. The molecule has 0 saturated carbocycles. The number of rotatable bonds is 7. The lowest BCUT2D eigenvalue weighted by Crippen LogP contribution is -2.35. The van der Waals surface area contributed by atoms with Crippen molar-refractivity contribution in [2.24, 2.45) is 0 Å². The molecular weight excluding hydrogens is 375 g/mol. The fourth-order valence-electron chi connectivity index (χ4n) is 2.71. The van der Waals surface area contributed by atoms with Crippen molar-refractivity contribution in [3.8, 4) is 0 Å². The third-order valence-corrected chi connectivity index (χ3v) is 5.53. The minimum atomic E-state index is -4.23. The van der Waals surface area contributed by atoms with Gasteiger partial charge < -0.3 is 14.6 Å². The molecule has 0 aromatic heterocycles. The Kier molecular flexibility index (Phi) is 6.23. The van der Waals surface area contributed by atoms with Crippen molar-refractivity contribution in [1.29, 1.82) is 0 Å². The van der Waals surface area contributed by atoms with Crippen LogP contribution in [-0.4, -0.2) is 44.8 Å². The lowest BCUT2D eigenvalue weighted by Gasteiger charge is -2.16. The van der Waals surface area contributed by atoms with E-state index in [2.05, 4.69) is 0 Å². The van der Waals surface area contributed by atoms with Gasteiger partial charge in [0.1, 0.15) is 6.10 Å². The number of aliphatic hydroxyl groups is 1. The lowest BCUT2D eigenvalue weighted by molar-refractivity contribution is -0.133. The summed E-state index contributed by atoms with van der Waals surface area (Å²) in [5, 5.41) is 9.89. The monoisotopic (exact) mass is 396 g/mol. The van der Waals surface area contributed by atoms with Crippen molar-refractivity contribution in [2.75, 3.05) is 6.61 Å². The van der Waals surface area contributed by atoms with Gasteiger partial charge in [-0.15, -0.1) is 0 Å². The molecule has 4 atom stereocenters. The predicted octanol–water partition coefficient (Wildman–Crippen LogP) is 2.34. The highest BCUT2D eigenvalue weighted by Crippen LogP contribution is 2.29. The first-order chi connectivity index (χ1) is 12.9. The fraction of sp³-hybridized carbons (Fsp3) is 0.368. The molecule has 0 radical (unpaired) electrons. The molecule has 1 fully saturated rings. The molecule has 1 heterocycles. The summed E-state index contributed by atoms with van der Waals surface area (Å²) in [5.74, 6) is 0. The highest BCUT2D eigenvalue weighted by Gasteiger charge is 2.47. The van der Waals surface area contributed by atoms with E-state index < -0.39 is 34.8 Å². The Morgan fingerprint density at radius 1 is 1.11 bits per heavy atom. The maximum atomic E-state index is 14.6. The molecule has 0 aliphatic carbocycles. The Hall–Kier alpha value is -1.84. The number of hydrogen-bond donors (Lipinski definition) is 1. The van der Waals surface area contributed by atoms with Crippen LogP contribution in [0.2, 0.25) is 0 Å². The molecule has 1 aliphatic rings. The maximum Gasteiger partial charge on any atom is 0.297 e. The average molecular weight is 396 g/mol. The summed E-state index contributed by atoms with van der Waals surface area (Å²) >= 11 is 0. The number of ether oxygens (including phenoxy) is 2. The Labute approximate surface area is 157 Å². The largest absolute Gasteiger partial charge is 0.374 e. The number of aliphatic hydroxyl groups excluding tert-OH is 1. The highest BCUT2D eigenvalue weighted by atomic mass is 32.2. The van der Waals surface area contributed by atoms with Crippen LogP contribution in [0.4, 0.5) is 4.39 Å². The van der Waals surface area contributed by atoms with E-state index in [9.17, 15) is 17.9 Å². The van der Waals surface area contributed by atoms with Gasteiger partial charge in [0.2, 0.25) is 0 Å². The van der Waals surface area contributed by atoms with E-state index in [-0.39, 0.29) is 18.1 Å². The molecule has 6 nitrogen and oxygen atoms in total. The number of hydrogen-bond acceptors (Lipinski definition) is 6. The Morgan fingerprint density at radius 2 is 1.78 bits per heavy atom. The molecule has 0 spiro atoms. The molecule has 2 aromatic carbocycles. The van der Waals surface area contributed by atoms with Gasteiger partial charge in [0.05, 0.1) is 18.1 Å². The van der Waals surface area contributed by atoms with Gasteiger partial charge in [-0.25, -0.2) is 4.39 Å². The van der Waals surface area contributed by atoms with Gasteiger partial charge in [0.15, 0.2) is 18.6 Å². The van der Waals surface area contributed by atoms with Crippen molar-refractivity contribution >= 4 is 10.1 Å². The van der Waals surface area contributed by atoms with Crippen molar-refractivity contribution in [2.45, 2.75) is 43.1 Å². The van der Waals surface area contributed by atoms with Crippen molar-refractivity contribution in [3.63, 3.8) is 0 Å². The predicted molar refractivity (Wildman–Crippen MR) is 95.1 cm³/mol. The van der Waals surface area contributed by atoms with E-state index in [1.54, 1.807) is 12.1 Å². The molecule has 1 aliphatic heterocycles. The van der Waals surface area contributed by atoms with Crippen LogP contribution in [0, 0.1) is 6.92 Å². The van der Waals surface area contributed by atoms with E-state index in [1.165, 1.54) is 12.1 Å². The van der Waals surface area contributed by atoms with Gasteiger partial charge in [-0.1, -0.05) is 48.0 Å². The Bertz CT molecular complexity index is 840. The minimum Gasteiger partial charge on any atom is -0.374 e. The molecule has 1 N–H and O–H groups in total. The van der Waals surface area contributed by atoms with Crippen LogP contribution in [0.15, 0.2) is 59.5 Å². The van der Waals surface area contributed by atoms with Gasteiger partial charge in [-0.3, -0.25) is 4.18 Å². The lowest BCUT2D eigenvalue weighted by atomic mass is 10.2. The number of halogens is 1. The van der Waals surface area contributed by atoms with Gasteiger partial charge >= 0.3 is 0 Å². The van der Waals surface area contributed by atoms with Crippen LogP contribution in [-0.2, 0) is 30.4 Å². The molecule has 1 saturated heterocycles. The van der Waals surface area contributed by atoms with E-state index in [0.29, 0.717) is 0 Å². The first-order valence-corrected chi connectivity index (χ1v) is 9.87. The highest BCUT2D eigenvalue weighted by molar-refractivity contribution is 7.86. The molecule has 3 rings (SSSR count). The average Bonchev–Trinajstić information content (AvgIpc) is 2.90. The molecule has 0 bridgehead atoms. The maximum absolute atomic E-state index is 14.6. The Morgan fingerprint density at radius 3 is 2.44 bits per heavy atom. The fourth-order valence-corrected chi connectivity index (χ4v) is 3.78. The molecule has 2 aromatic rings. The zero-order valence-corrected chi connectivity index (χ0v) is 15.5. The van der Waals surface area contributed by atoms with Crippen LogP contribution in [0.25, 0.3) is 0 Å². The van der Waals surface area contributed by atoms with Crippen LogP contribution < -0.4 is 0 Å². The Balaban J connectivity index is 1.59. The second-order valence-electron chi connectivity index (χ2n) is 6.34. The van der Waals surface area contributed by atoms with Gasteiger partial charge in [0, 0.05) is 0 Å². The summed E-state index contributed by atoms with van der Waals surface area (Å²) in [6.07, 6.45) is -6.33. The quantitative estimate of drug-likeness (QED) is 0.724. The number of aryl methyl sites for hydroxylation is 1. The molecule has 146 valence electrons. The van der Waals surface area contributed by atoms with Crippen molar-refractivity contribution in [1.82, 2.24) is 0 Å². The number of alkyl halides is 1. The SMILES string of the molecule is Cc1ccc(S(=O)(=O)OC2C(O)OC(COCc3ccccc3)C2F)cc1. The summed E-state index contributed by atoms with van der Waals surface area (Å²) < 4.78 is 54.6. The van der Waals surface area contributed by atoms with E-state index in [4.69, 9.17) is 13.7 Å². The molecule has 4 unspecified atom stereocenters. The van der Waals surface area contributed by atoms with Crippen LogP contribution in [0.5, 0.6) is 0 Å². The normalized spacial score (nSPS) is 25.6. The van der Waals surface area contributed by atoms with Crippen LogP contribution in [0.1, 0.15) is 11.1 Å². The minimum absolute atomic E-state index is 0.115. The molecule has 27 heavy (non-hydrogen) atoms. The summed E-state index contributed by atoms with van der Waals surface area (Å²) in [6.45, 7) is 1.91. The first-order valence-electron chi connectivity index (χ1n) is 8.46. The third-order valence-electron chi connectivity index (χ3n) is 4.21. The summed E-state index contributed by atoms with van der Waals surface area (Å²) in [5.41, 5.74) is 1.78. The standard InChI is InChI=1S/C19H21FO6S/c1-13-7-9-15(10-8-13)27(22,23)26-18-17(20)16(25-19(18)21)12-24-11-14-5-3-2-4-6-14/h2-10,16-19,21H,11-12H2,1H3. The van der Waals surface area contributed by atoms with E-state index in [1.807, 2.05) is 37.3 Å². The zero-order chi connectivity index (χ0) is 19.4. The summed E-state index contributed by atoms with van der Waals surface area (Å²) in [7, 11) is -4.23. The van der Waals surface area contributed by atoms with E-state index in [0.717, 1.165) is 11.1 Å². The van der Waals surface area contributed by atoms with Gasteiger partial charge in [0.25, 0.3) is 10.1 Å². The van der Waals surface area contributed by atoms with Crippen molar-refractivity contribution in [3.05, 3.63) is 65.7 Å². The summed E-state index contributed by atoms with van der Waals surface area (Å²) in [6, 6.07) is 15.2. The second kappa shape index (κ2) is 8.45. The smallest absolute Gasteiger partial charge is 0.297 e. The molecular formula is C19H21FO6S. The number of benzene rings is 2. The first kappa shape index (κ1) is 19.9. The van der Waals surface area contributed by atoms with Gasteiger partial charge in [-0.2, -0.15) is 8.42 Å². The molecule has 0 amide bonds. The van der Waals surface area contributed by atoms with Crippen LogP contribution >= 0.6 is 0 Å². The van der Waals surface area contributed by atoms with Crippen molar-refractivity contribution < 1.29 is 31.6 Å².